The van der Waals surface area contributed by atoms with Crippen LogP contribution in [0.2, 0.25) is 0 Å². The predicted octanol–water partition coefficient (Wildman–Crippen LogP) is 3.58. The van der Waals surface area contributed by atoms with Crippen molar-refractivity contribution in [2.75, 3.05) is 13.1 Å². The Labute approximate surface area is 153 Å². The van der Waals surface area contributed by atoms with Crippen LogP contribution in [-0.4, -0.2) is 39.0 Å². The number of hydrogen-bond donors (Lipinski definition) is 0. The standard InChI is InChI=1S/C21H22N4O/c1-2-5-17(6-3-1)15-25-13-9-18(10-14-25)26-20-7-4-11-23-21(20)19-8-12-22-16-24-19/h1-8,11-12,16,18H,9-10,13-15H2. The lowest BCUT2D eigenvalue weighted by atomic mass is 10.1. The van der Waals surface area contributed by atoms with Gasteiger partial charge in [-0.1, -0.05) is 30.3 Å². The van der Waals surface area contributed by atoms with E-state index in [1.54, 1.807) is 12.4 Å². The summed E-state index contributed by atoms with van der Waals surface area (Å²) in [6.07, 6.45) is 7.29. The Bertz CT molecular complexity index is 818. The summed E-state index contributed by atoms with van der Waals surface area (Å²) in [6.45, 7) is 3.10. The van der Waals surface area contributed by atoms with Gasteiger partial charge in [0.05, 0.1) is 5.69 Å². The number of nitrogens with zero attached hydrogens (tertiary/aromatic N) is 4. The lowest BCUT2D eigenvalue weighted by Crippen LogP contribution is -2.37. The number of aromatic nitrogens is 3. The highest BCUT2D eigenvalue weighted by Gasteiger charge is 2.22. The first-order valence-electron chi connectivity index (χ1n) is 9.03. The second kappa shape index (κ2) is 8.06. The van der Waals surface area contributed by atoms with Crippen LogP contribution >= 0.6 is 0 Å². The van der Waals surface area contributed by atoms with Gasteiger partial charge in [-0.05, 0) is 36.6 Å². The summed E-state index contributed by atoms with van der Waals surface area (Å²) in [4.78, 5) is 15.2. The number of pyridine rings is 1. The Morgan fingerprint density at radius 2 is 1.77 bits per heavy atom. The molecule has 0 bridgehead atoms. The number of ether oxygens (including phenoxy) is 1. The zero-order chi connectivity index (χ0) is 17.6. The maximum absolute atomic E-state index is 6.29. The summed E-state index contributed by atoms with van der Waals surface area (Å²) in [7, 11) is 0. The highest BCUT2D eigenvalue weighted by molar-refractivity contribution is 5.61. The number of likely N-dealkylation sites (tertiary alicyclic amines) is 1. The molecule has 1 aromatic carbocycles. The largest absolute Gasteiger partial charge is 0.488 e. The molecule has 3 heterocycles. The van der Waals surface area contributed by atoms with E-state index in [0.29, 0.717) is 0 Å². The van der Waals surface area contributed by atoms with E-state index in [1.165, 1.54) is 11.9 Å². The Hall–Kier alpha value is -2.79. The molecule has 0 radical (unpaired) electrons. The molecule has 1 fully saturated rings. The van der Waals surface area contributed by atoms with Crippen molar-refractivity contribution in [1.82, 2.24) is 19.9 Å². The van der Waals surface area contributed by atoms with Gasteiger partial charge >= 0.3 is 0 Å². The first kappa shape index (κ1) is 16.7. The lowest BCUT2D eigenvalue weighted by Gasteiger charge is -2.32. The van der Waals surface area contributed by atoms with Crippen molar-refractivity contribution in [2.45, 2.75) is 25.5 Å². The molecule has 0 aliphatic carbocycles. The van der Waals surface area contributed by atoms with E-state index in [4.69, 9.17) is 4.74 Å². The van der Waals surface area contributed by atoms with Gasteiger partial charge in [0, 0.05) is 32.0 Å². The highest BCUT2D eigenvalue weighted by atomic mass is 16.5. The van der Waals surface area contributed by atoms with E-state index in [2.05, 4.69) is 50.2 Å². The third kappa shape index (κ3) is 4.06. The van der Waals surface area contributed by atoms with Gasteiger partial charge in [-0.2, -0.15) is 0 Å². The van der Waals surface area contributed by atoms with Gasteiger partial charge in [-0.15, -0.1) is 0 Å². The van der Waals surface area contributed by atoms with Crippen LogP contribution in [0.1, 0.15) is 18.4 Å². The van der Waals surface area contributed by atoms with Crippen LogP contribution in [0.5, 0.6) is 5.75 Å². The average molecular weight is 346 g/mol. The minimum Gasteiger partial charge on any atom is -0.488 e. The fraction of sp³-hybridized carbons (Fsp3) is 0.286. The molecule has 2 aromatic heterocycles. The van der Waals surface area contributed by atoms with E-state index >= 15 is 0 Å². The number of piperidine rings is 1. The average Bonchev–Trinajstić information content (AvgIpc) is 2.71. The van der Waals surface area contributed by atoms with Gasteiger partial charge in [-0.25, -0.2) is 9.97 Å². The van der Waals surface area contributed by atoms with Crippen LogP contribution in [0, 0.1) is 0 Å². The van der Waals surface area contributed by atoms with Crippen molar-refractivity contribution in [3.63, 3.8) is 0 Å². The minimum atomic E-state index is 0.215. The maximum atomic E-state index is 6.29. The summed E-state index contributed by atoms with van der Waals surface area (Å²) in [6, 6.07) is 16.4. The molecule has 5 nitrogen and oxygen atoms in total. The summed E-state index contributed by atoms with van der Waals surface area (Å²) in [5.74, 6) is 0.799. The van der Waals surface area contributed by atoms with E-state index < -0.39 is 0 Å². The van der Waals surface area contributed by atoms with Crippen LogP contribution in [0.3, 0.4) is 0 Å². The monoisotopic (exact) mass is 346 g/mol. The van der Waals surface area contributed by atoms with Crippen LogP contribution in [-0.2, 0) is 6.54 Å². The molecule has 0 N–H and O–H groups in total. The van der Waals surface area contributed by atoms with Crippen molar-refractivity contribution in [3.8, 4) is 17.1 Å². The van der Waals surface area contributed by atoms with Crippen LogP contribution in [0.4, 0.5) is 0 Å². The first-order valence-corrected chi connectivity index (χ1v) is 9.03. The molecule has 0 amide bonds. The number of rotatable bonds is 5. The molecule has 4 rings (SSSR count). The quantitative estimate of drug-likeness (QED) is 0.707. The van der Waals surface area contributed by atoms with Crippen LogP contribution < -0.4 is 4.74 Å². The molecule has 0 unspecified atom stereocenters. The summed E-state index contributed by atoms with van der Waals surface area (Å²) >= 11 is 0. The fourth-order valence-electron chi connectivity index (χ4n) is 3.32. The van der Waals surface area contributed by atoms with Crippen LogP contribution in [0.25, 0.3) is 11.4 Å². The predicted molar refractivity (Wildman–Crippen MR) is 101 cm³/mol. The van der Waals surface area contributed by atoms with E-state index in [9.17, 15) is 0 Å². The molecule has 26 heavy (non-hydrogen) atoms. The van der Waals surface area contributed by atoms with Gasteiger partial charge in [0.15, 0.2) is 0 Å². The van der Waals surface area contributed by atoms with Crippen molar-refractivity contribution in [2.24, 2.45) is 0 Å². The smallest absolute Gasteiger partial charge is 0.147 e. The second-order valence-corrected chi connectivity index (χ2v) is 6.52. The SMILES string of the molecule is c1ccc(CN2CCC(Oc3cccnc3-c3ccncn3)CC2)cc1. The van der Waals surface area contributed by atoms with Gasteiger partial charge < -0.3 is 4.74 Å². The highest BCUT2D eigenvalue weighted by Crippen LogP contribution is 2.28. The number of benzene rings is 1. The Morgan fingerprint density at radius 3 is 2.54 bits per heavy atom. The van der Waals surface area contributed by atoms with Gasteiger partial charge in [-0.3, -0.25) is 9.88 Å². The first-order chi connectivity index (χ1) is 12.9. The molecule has 1 aliphatic rings. The fourth-order valence-corrected chi connectivity index (χ4v) is 3.32. The molecular formula is C21H22N4O. The molecule has 132 valence electrons. The molecule has 5 heteroatoms. The van der Waals surface area contributed by atoms with Crippen LogP contribution in [0.15, 0.2) is 67.3 Å². The molecule has 0 atom stereocenters. The zero-order valence-electron chi connectivity index (χ0n) is 14.7. The molecule has 1 saturated heterocycles. The second-order valence-electron chi connectivity index (χ2n) is 6.52. The van der Waals surface area contributed by atoms with Crippen molar-refractivity contribution >= 4 is 0 Å². The lowest BCUT2D eigenvalue weighted by molar-refractivity contribution is 0.0970. The van der Waals surface area contributed by atoms with Gasteiger partial charge in [0.25, 0.3) is 0 Å². The summed E-state index contributed by atoms with van der Waals surface area (Å²) < 4.78 is 6.29. The Kier molecular flexibility index (Phi) is 5.17. The van der Waals surface area contributed by atoms with Gasteiger partial charge in [0.1, 0.15) is 23.9 Å². The zero-order valence-corrected chi connectivity index (χ0v) is 14.7. The minimum absolute atomic E-state index is 0.215. The third-order valence-electron chi connectivity index (χ3n) is 4.67. The van der Waals surface area contributed by atoms with E-state index in [-0.39, 0.29) is 6.10 Å². The van der Waals surface area contributed by atoms with Crippen molar-refractivity contribution < 1.29 is 4.74 Å². The summed E-state index contributed by atoms with van der Waals surface area (Å²) in [5.41, 5.74) is 2.93. The molecular weight excluding hydrogens is 324 g/mol. The molecule has 0 spiro atoms. The van der Waals surface area contributed by atoms with Crippen molar-refractivity contribution in [3.05, 3.63) is 72.8 Å². The molecule has 1 aliphatic heterocycles. The summed E-state index contributed by atoms with van der Waals surface area (Å²) in [5, 5.41) is 0. The maximum Gasteiger partial charge on any atom is 0.147 e. The third-order valence-corrected chi connectivity index (χ3v) is 4.67. The number of hydrogen-bond acceptors (Lipinski definition) is 5. The van der Waals surface area contributed by atoms with E-state index in [0.717, 1.165) is 49.6 Å². The Balaban J connectivity index is 1.38. The normalized spacial score (nSPS) is 15.7. The molecule has 3 aromatic rings. The van der Waals surface area contributed by atoms with E-state index in [1.807, 2.05) is 18.2 Å². The van der Waals surface area contributed by atoms with Gasteiger partial charge in [0.2, 0.25) is 0 Å². The Morgan fingerprint density at radius 1 is 0.923 bits per heavy atom. The molecule has 0 saturated carbocycles. The van der Waals surface area contributed by atoms with Crippen molar-refractivity contribution in [1.29, 1.82) is 0 Å². The topological polar surface area (TPSA) is 51.1 Å².